The van der Waals surface area contributed by atoms with Crippen molar-refractivity contribution >= 4 is 33.4 Å². The molecule has 3 rings (SSSR count). The molecule has 1 aliphatic carbocycles. The Morgan fingerprint density at radius 3 is 2.89 bits per heavy atom. The van der Waals surface area contributed by atoms with Crippen molar-refractivity contribution < 1.29 is 4.74 Å². The van der Waals surface area contributed by atoms with Gasteiger partial charge in [-0.25, -0.2) is 0 Å². The normalized spacial score (nSPS) is 25.2. The van der Waals surface area contributed by atoms with Gasteiger partial charge in [-0.2, -0.15) is 0 Å². The van der Waals surface area contributed by atoms with E-state index in [1.807, 2.05) is 23.9 Å². The summed E-state index contributed by atoms with van der Waals surface area (Å²) in [5, 5.41) is 0. The first-order valence-electron chi connectivity index (χ1n) is 7.03. The minimum Gasteiger partial charge on any atom is -0.398 e. The Bertz CT molecular complexity index is 459. The number of ether oxygens (including phenoxy) is 1. The van der Waals surface area contributed by atoms with Crippen LogP contribution in [0.15, 0.2) is 27.6 Å². The van der Waals surface area contributed by atoms with Crippen LogP contribution in [-0.2, 0) is 4.74 Å². The molecule has 1 heterocycles. The van der Waals surface area contributed by atoms with Crippen LogP contribution >= 0.6 is 27.7 Å². The summed E-state index contributed by atoms with van der Waals surface area (Å²) in [6, 6.07) is 6.04. The second kappa shape index (κ2) is 5.66. The summed E-state index contributed by atoms with van der Waals surface area (Å²) in [6.45, 7) is 0. The highest BCUT2D eigenvalue weighted by molar-refractivity contribution is 9.10. The molecular formula is C15H20BrNOS. The van der Waals surface area contributed by atoms with Gasteiger partial charge >= 0.3 is 0 Å². The summed E-state index contributed by atoms with van der Waals surface area (Å²) in [5.41, 5.74) is 7.11. The fourth-order valence-corrected chi connectivity index (χ4v) is 4.77. The number of rotatable bonds is 3. The topological polar surface area (TPSA) is 35.2 Å². The average Bonchev–Trinajstić information content (AvgIpc) is 3.02. The summed E-state index contributed by atoms with van der Waals surface area (Å²) < 4.78 is 7.42. The highest BCUT2D eigenvalue weighted by Crippen LogP contribution is 2.44. The highest BCUT2D eigenvalue weighted by atomic mass is 79.9. The fraction of sp³-hybridized carbons (Fsp3) is 0.600. The summed E-state index contributed by atoms with van der Waals surface area (Å²) in [5.74, 6) is 1.02. The van der Waals surface area contributed by atoms with E-state index in [0.717, 1.165) is 20.8 Å². The van der Waals surface area contributed by atoms with Gasteiger partial charge < -0.3 is 10.5 Å². The summed E-state index contributed by atoms with van der Waals surface area (Å²) >= 11 is 5.32. The highest BCUT2D eigenvalue weighted by Gasteiger charge is 2.41. The molecule has 1 atom stereocenters. The van der Waals surface area contributed by atoms with E-state index in [4.69, 9.17) is 10.5 Å². The van der Waals surface area contributed by atoms with Gasteiger partial charge in [0.1, 0.15) is 0 Å². The number of halogens is 1. The number of nitrogen functional groups attached to an aromatic ring is 1. The molecule has 1 aromatic rings. The van der Waals surface area contributed by atoms with Crippen LogP contribution < -0.4 is 5.73 Å². The van der Waals surface area contributed by atoms with Crippen LogP contribution in [0.2, 0.25) is 0 Å². The first-order valence-corrected chi connectivity index (χ1v) is 8.80. The maximum absolute atomic E-state index is 6.33. The molecule has 19 heavy (non-hydrogen) atoms. The van der Waals surface area contributed by atoms with Crippen LogP contribution in [0.25, 0.3) is 0 Å². The van der Waals surface area contributed by atoms with Crippen molar-refractivity contribution in [2.45, 2.75) is 55.1 Å². The number of anilines is 1. The molecule has 0 aromatic heterocycles. The number of hydrogen-bond acceptors (Lipinski definition) is 3. The molecule has 1 saturated heterocycles. The molecule has 1 aromatic carbocycles. The third-order valence-corrected chi connectivity index (χ3v) is 5.95. The molecule has 2 aliphatic rings. The lowest BCUT2D eigenvalue weighted by Crippen LogP contribution is -2.25. The third kappa shape index (κ3) is 3.11. The monoisotopic (exact) mass is 341 g/mol. The Morgan fingerprint density at radius 1 is 1.32 bits per heavy atom. The van der Waals surface area contributed by atoms with Gasteiger partial charge in [0, 0.05) is 20.8 Å². The number of hydrogen-bond donors (Lipinski definition) is 1. The smallest absolute Gasteiger partial charge is 0.0687 e. The molecule has 1 aliphatic heterocycles. The van der Waals surface area contributed by atoms with Gasteiger partial charge in [0.05, 0.1) is 11.7 Å². The molecule has 1 saturated carbocycles. The van der Waals surface area contributed by atoms with Crippen LogP contribution in [-0.4, -0.2) is 17.5 Å². The molecule has 4 heteroatoms. The lowest BCUT2D eigenvalue weighted by molar-refractivity contribution is -0.0267. The van der Waals surface area contributed by atoms with Gasteiger partial charge in [-0.3, -0.25) is 0 Å². The second-order valence-electron chi connectivity index (χ2n) is 5.66. The quantitative estimate of drug-likeness (QED) is 0.643. The van der Waals surface area contributed by atoms with Crippen molar-refractivity contribution in [3.63, 3.8) is 0 Å². The lowest BCUT2D eigenvalue weighted by atomic mass is 9.98. The molecule has 2 nitrogen and oxygen atoms in total. The number of nitrogens with two attached hydrogens (primary N) is 1. The summed E-state index contributed by atoms with van der Waals surface area (Å²) in [4.78, 5) is 1.16. The van der Waals surface area contributed by atoms with Crippen molar-refractivity contribution in [1.82, 2.24) is 0 Å². The third-order valence-electron chi connectivity index (χ3n) is 4.25. The van der Waals surface area contributed by atoms with Gasteiger partial charge in [-0.15, -0.1) is 11.8 Å². The molecular weight excluding hydrogens is 322 g/mol. The second-order valence-corrected chi connectivity index (χ2v) is 7.64. The first-order chi connectivity index (χ1) is 9.17. The van der Waals surface area contributed by atoms with Crippen molar-refractivity contribution in [2.75, 3.05) is 11.5 Å². The molecule has 2 N–H and O–H groups in total. The number of thioether (sulfide) groups is 1. The minimum atomic E-state index is 0.244. The molecule has 0 radical (unpaired) electrons. The standard InChI is InChI=1S/C15H20BrNOS/c16-11-3-4-13(17)14(9-11)19-10-12-5-8-15(18-12)6-1-2-7-15/h3-4,9,12H,1-2,5-8,10,17H2. The van der Waals surface area contributed by atoms with E-state index in [1.54, 1.807) is 0 Å². The van der Waals surface area contributed by atoms with Crippen LogP contribution in [0.1, 0.15) is 38.5 Å². The largest absolute Gasteiger partial charge is 0.398 e. The Labute approximate surface area is 127 Å². The van der Waals surface area contributed by atoms with E-state index in [-0.39, 0.29) is 5.60 Å². The Kier molecular flexibility index (Phi) is 4.11. The SMILES string of the molecule is Nc1ccc(Br)cc1SCC1CCC2(CCCC2)O1. The van der Waals surface area contributed by atoms with Crippen molar-refractivity contribution in [3.05, 3.63) is 22.7 Å². The van der Waals surface area contributed by atoms with E-state index in [2.05, 4.69) is 22.0 Å². The van der Waals surface area contributed by atoms with Crippen molar-refractivity contribution in [2.24, 2.45) is 0 Å². The van der Waals surface area contributed by atoms with Crippen LogP contribution in [0, 0.1) is 0 Å². The van der Waals surface area contributed by atoms with Gasteiger partial charge in [-0.1, -0.05) is 28.8 Å². The molecule has 0 bridgehead atoms. The molecule has 2 fully saturated rings. The first kappa shape index (κ1) is 13.8. The van der Waals surface area contributed by atoms with Gasteiger partial charge in [0.2, 0.25) is 0 Å². The molecule has 0 amide bonds. The Morgan fingerprint density at radius 2 is 2.11 bits per heavy atom. The van der Waals surface area contributed by atoms with Gasteiger partial charge in [0.25, 0.3) is 0 Å². The van der Waals surface area contributed by atoms with Crippen molar-refractivity contribution in [1.29, 1.82) is 0 Å². The van der Waals surface area contributed by atoms with E-state index < -0.39 is 0 Å². The van der Waals surface area contributed by atoms with Crippen LogP contribution in [0.4, 0.5) is 5.69 Å². The zero-order chi connectivity index (χ0) is 13.3. The van der Waals surface area contributed by atoms with E-state index in [9.17, 15) is 0 Å². The van der Waals surface area contributed by atoms with E-state index in [1.165, 1.54) is 38.5 Å². The molecule has 1 spiro atoms. The zero-order valence-corrected chi connectivity index (χ0v) is 13.4. The van der Waals surface area contributed by atoms with E-state index >= 15 is 0 Å². The van der Waals surface area contributed by atoms with Gasteiger partial charge in [0.15, 0.2) is 0 Å². The predicted molar refractivity (Wildman–Crippen MR) is 84.6 cm³/mol. The maximum atomic E-state index is 6.33. The molecule has 104 valence electrons. The lowest BCUT2D eigenvalue weighted by Gasteiger charge is -2.23. The Balaban J connectivity index is 1.57. The van der Waals surface area contributed by atoms with Crippen LogP contribution in [0.3, 0.4) is 0 Å². The Hall–Kier alpha value is -0.190. The predicted octanol–water partition coefficient (Wildman–Crippen LogP) is 4.62. The zero-order valence-electron chi connectivity index (χ0n) is 11.0. The maximum Gasteiger partial charge on any atom is 0.0687 e. The van der Waals surface area contributed by atoms with E-state index in [0.29, 0.717) is 6.10 Å². The van der Waals surface area contributed by atoms with Crippen LogP contribution in [0.5, 0.6) is 0 Å². The van der Waals surface area contributed by atoms with Crippen molar-refractivity contribution in [3.8, 4) is 0 Å². The summed E-state index contributed by atoms with van der Waals surface area (Å²) in [6.07, 6.45) is 8.10. The fourth-order valence-electron chi connectivity index (χ4n) is 3.22. The number of benzene rings is 1. The molecule has 1 unspecified atom stereocenters. The minimum absolute atomic E-state index is 0.244. The summed E-state index contributed by atoms with van der Waals surface area (Å²) in [7, 11) is 0. The van der Waals surface area contributed by atoms with Gasteiger partial charge in [-0.05, 0) is 43.9 Å². The average molecular weight is 342 g/mol.